The standard InChI is InChI=1S/C11H17N5O2S/c1-15-2-4-16(5-3-15)10(18)7-19-11-13-8(12)6-9(17)14-11/h6H,2-5,7H2,1H3,(H3,12,13,14,17). The Kier molecular flexibility index (Phi) is 4.43. The summed E-state index contributed by atoms with van der Waals surface area (Å²) >= 11 is 1.20. The van der Waals surface area contributed by atoms with Gasteiger partial charge in [0.05, 0.1) is 5.75 Å². The zero-order valence-electron chi connectivity index (χ0n) is 10.8. The van der Waals surface area contributed by atoms with Gasteiger partial charge in [-0.25, -0.2) is 4.98 Å². The molecule has 1 aromatic rings. The topological polar surface area (TPSA) is 95.3 Å². The van der Waals surface area contributed by atoms with Crippen LogP contribution in [0.3, 0.4) is 0 Å². The summed E-state index contributed by atoms with van der Waals surface area (Å²) in [5.41, 5.74) is 5.17. The van der Waals surface area contributed by atoms with Crippen LogP contribution in [-0.2, 0) is 4.79 Å². The van der Waals surface area contributed by atoms with Gasteiger partial charge in [0.25, 0.3) is 5.56 Å². The molecule has 1 saturated heterocycles. The molecular weight excluding hydrogens is 266 g/mol. The first-order valence-corrected chi connectivity index (χ1v) is 6.99. The number of rotatable bonds is 3. The molecule has 0 radical (unpaired) electrons. The van der Waals surface area contributed by atoms with Crippen LogP contribution in [-0.4, -0.2) is 64.7 Å². The number of nitrogens with two attached hydrogens (primary N) is 1. The van der Waals surface area contributed by atoms with E-state index in [-0.39, 0.29) is 23.0 Å². The second-order valence-electron chi connectivity index (χ2n) is 4.45. The van der Waals surface area contributed by atoms with Crippen LogP contribution in [0.2, 0.25) is 0 Å². The van der Waals surface area contributed by atoms with E-state index in [2.05, 4.69) is 14.9 Å². The molecular formula is C11H17N5O2S. The van der Waals surface area contributed by atoms with Crippen LogP contribution in [0, 0.1) is 0 Å². The van der Waals surface area contributed by atoms with Crippen molar-refractivity contribution in [2.45, 2.75) is 5.16 Å². The van der Waals surface area contributed by atoms with Crippen LogP contribution in [0.15, 0.2) is 16.0 Å². The summed E-state index contributed by atoms with van der Waals surface area (Å²) in [6.45, 7) is 3.28. The van der Waals surface area contributed by atoms with Crippen molar-refractivity contribution in [1.82, 2.24) is 19.8 Å². The van der Waals surface area contributed by atoms with E-state index in [0.29, 0.717) is 5.16 Å². The van der Waals surface area contributed by atoms with Crippen LogP contribution in [0.5, 0.6) is 0 Å². The van der Waals surface area contributed by atoms with Gasteiger partial charge < -0.3 is 20.5 Å². The number of hydrogen-bond acceptors (Lipinski definition) is 6. The highest BCUT2D eigenvalue weighted by molar-refractivity contribution is 7.99. The summed E-state index contributed by atoms with van der Waals surface area (Å²) in [6, 6.07) is 1.21. The molecule has 0 unspecified atom stereocenters. The van der Waals surface area contributed by atoms with Gasteiger partial charge in [-0.2, -0.15) is 0 Å². The average molecular weight is 283 g/mol. The SMILES string of the molecule is CN1CCN(C(=O)CSc2nc(N)cc(=O)[nH]2)CC1. The molecule has 2 heterocycles. The van der Waals surface area contributed by atoms with Crippen molar-refractivity contribution in [3.8, 4) is 0 Å². The van der Waals surface area contributed by atoms with Crippen LogP contribution >= 0.6 is 11.8 Å². The average Bonchev–Trinajstić information content (AvgIpc) is 2.36. The molecule has 1 aliphatic rings. The van der Waals surface area contributed by atoms with Crippen molar-refractivity contribution in [3.05, 3.63) is 16.4 Å². The molecule has 19 heavy (non-hydrogen) atoms. The number of nitrogens with zero attached hydrogens (tertiary/aromatic N) is 3. The van der Waals surface area contributed by atoms with E-state index in [9.17, 15) is 9.59 Å². The maximum atomic E-state index is 12.0. The first kappa shape index (κ1) is 13.9. The molecule has 1 amide bonds. The van der Waals surface area contributed by atoms with E-state index in [0.717, 1.165) is 26.2 Å². The van der Waals surface area contributed by atoms with E-state index in [1.165, 1.54) is 17.8 Å². The number of thioether (sulfide) groups is 1. The Bertz CT molecular complexity index is 510. The maximum absolute atomic E-state index is 12.0. The third-order valence-corrected chi connectivity index (χ3v) is 3.79. The minimum absolute atomic E-state index is 0.0585. The highest BCUT2D eigenvalue weighted by atomic mass is 32.2. The van der Waals surface area contributed by atoms with E-state index in [1.54, 1.807) is 0 Å². The predicted molar refractivity (Wildman–Crippen MR) is 74.1 cm³/mol. The maximum Gasteiger partial charge on any atom is 0.253 e. The van der Waals surface area contributed by atoms with Gasteiger partial charge >= 0.3 is 0 Å². The lowest BCUT2D eigenvalue weighted by Crippen LogP contribution is -2.47. The number of carbonyl (C=O) groups is 1. The van der Waals surface area contributed by atoms with Crippen LogP contribution in [0.1, 0.15) is 0 Å². The monoisotopic (exact) mass is 283 g/mol. The quantitative estimate of drug-likeness (QED) is 0.558. The smallest absolute Gasteiger partial charge is 0.253 e. The number of aromatic nitrogens is 2. The summed E-state index contributed by atoms with van der Waals surface area (Å²) < 4.78 is 0. The lowest BCUT2D eigenvalue weighted by atomic mass is 10.3. The zero-order chi connectivity index (χ0) is 13.8. The zero-order valence-corrected chi connectivity index (χ0v) is 11.6. The van der Waals surface area contributed by atoms with Crippen LogP contribution < -0.4 is 11.3 Å². The van der Waals surface area contributed by atoms with Crippen molar-refractivity contribution in [2.24, 2.45) is 0 Å². The lowest BCUT2D eigenvalue weighted by Gasteiger charge is -2.32. The molecule has 104 valence electrons. The second kappa shape index (κ2) is 6.07. The van der Waals surface area contributed by atoms with Gasteiger partial charge in [-0.3, -0.25) is 9.59 Å². The van der Waals surface area contributed by atoms with Crippen molar-refractivity contribution < 1.29 is 4.79 Å². The van der Waals surface area contributed by atoms with Gasteiger partial charge in [0.15, 0.2) is 5.16 Å². The van der Waals surface area contributed by atoms with Crippen LogP contribution in [0.4, 0.5) is 5.82 Å². The highest BCUT2D eigenvalue weighted by Gasteiger charge is 2.19. The number of aromatic amines is 1. The Labute approximate surface area is 115 Å². The molecule has 0 spiro atoms. The number of hydrogen-bond donors (Lipinski definition) is 2. The predicted octanol–water partition coefficient (Wildman–Crippen LogP) is -0.782. The minimum Gasteiger partial charge on any atom is -0.383 e. The minimum atomic E-state index is -0.304. The van der Waals surface area contributed by atoms with Gasteiger partial charge in [0.2, 0.25) is 5.91 Å². The lowest BCUT2D eigenvalue weighted by molar-refractivity contribution is -0.129. The number of carbonyl (C=O) groups excluding carboxylic acids is 1. The number of nitrogens with one attached hydrogen (secondary N) is 1. The summed E-state index contributed by atoms with van der Waals surface area (Å²) in [5.74, 6) is 0.484. The van der Waals surface area contributed by atoms with E-state index in [4.69, 9.17) is 5.73 Å². The molecule has 8 heteroatoms. The molecule has 1 fully saturated rings. The number of anilines is 1. The van der Waals surface area contributed by atoms with Crippen molar-refractivity contribution in [2.75, 3.05) is 44.7 Å². The molecule has 0 bridgehead atoms. The fourth-order valence-electron chi connectivity index (χ4n) is 1.80. The fraction of sp³-hybridized carbons (Fsp3) is 0.545. The van der Waals surface area contributed by atoms with Crippen molar-refractivity contribution in [1.29, 1.82) is 0 Å². The normalized spacial score (nSPS) is 16.6. The summed E-state index contributed by atoms with van der Waals surface area (Å²) in [4.78, 5) is 33.7. The van der Waals surface area contributed by atoms with Gasteiger partial charge in [0.1, 0.15) is 5.82 Å². The van der Waals surface area contributed by atoms with E-state index >= 15 is 0 Å². The number of nitrogen functional groups attached to an aromatic ring is 1. The van der Waals surface area contributed by atoms with E-state index in [1.807, 2.05) is 11.9 Å². The molecule has 0 aliphatic carbocycles. The first-order chi connectivity index (χ1) is 9.04. The first-order valence-electron chi connectivity index (χ1n) is 6.00. The summed E-state index contributed by atoms with van der Waals surface area (Å²) in [6.07, 6.45) is 0. The Morgan fingerprint density at radius 1 is 1.47 bits per heavy atom. The number of H-pyrrole nitrogens is 1. The molecule has 0 atom stereocenters. The van der Waals surface area contributed by atoms with Gasteiger partial charge in [-0.1, -0.05) is 11.8 Å². The molecule has 1 aliphatic heterocycles. The molecule has 7 nitrogen and oxygen atoms in total. The summed E-state index contributed by atoms with van der Waals surface area (Å²) in [5, 5.41) is 0.382. The van der Waals surface area contributed by atoms with Crippen LogP contribution in [0.25, 0.3) is 0 Å². The molecule has 1 aromatic heterocycles. The number of amides is 1. The molecule has 3 N–H and O–H groups in total. The Balaban J connectivity index is 1.88. The molecule has 0 aromatic carbocycles. The van der Waals surface area contributed by atoms with Gasteiger partial charge in [-0.05, 0) is 7.05 Å². The Morgan fingerprint density at radius 2 is 2.16 bits per heavy atom. The fourth-order valence-corrected chi connectivity index (χ4v) is 2.58. The van der Waals surface area contributed by atoms with Crippen molar-refractivity contribution >= 4 is 23.5 Å². The summed E-state index contributed by atoms with van der Waals surface area (Å²) in [7, 11) is 2.04. The highest BCUT2D eigenvalue weighted by Crippen LogP contribution is 2.13. The van der Waals surface area contributed by atoms with Crippen molar-refractivity contribution in [3.63, 3.8) is 0 Å². The third kappa shape index (κ3) is 3.97. The largest absolute Gasteiger partial charge is 0.383 e. The number of likely N-dealkylation sites (N-methyl/N-ethyl adjacent to an activating group) is 1. The Morgan fingerprint density at radius 3 is 2.79 bits per heavy atom. The third-order valence-electron chi connectivity index (χ3n) is 2.93. The second-order valence-corrected chi connectivity index (χ2v) is 5.41. The van der Waals surface area contributed by atoms with E-state index < -0.39 is 0 Å². The van der Waals surface area contributed by atoms with Gasteiger partial charge in [-0.15, -0.1) is 0 Å². The molecule has 0 saturated carbocycles. The molecule has 2 rings (SSSR count). The number of piperazine rings is 1. The van der Waals surface area contributed by atoms with Gasteiger partial charge in [0, 0.05) is 32.2 Å². The Hall–Kier alpha value is -1.54.